The predicted octanol–water partition coefficient (Wildman–Crippen LogP) is 3.48. The van der Waals surface area contributed by atoms with Crippen molar-refractivity contribution in [3.8, 4) is 0 Å². The summed E-state index contributed by atoms with van der Waals surface area (Å²) in [5.74, 6) is 0. The summed E-state index contributed by atoms with van der Waals surface area (Å²) in [6, 6.07) is 0.596. The highest BCUT2D eigenvalue weighted by molar-refractivity contribution is 5.32. The largest absolute Gasteiger partial charge is 0.416 e. The van der Waals surface area contributed by atoms with Gasteiger partial charge in [0, 0.05) is 23.5 Å². The highest BCUT2D eigenvalue weighted by Crippen LogP contribution is 2.39. The molecule has 0 bridgehead atoms. The van der Waals surface area contributed by atoms with Gasteiger partial charge in [-0.15, -0.1) is 0 Å². The van der Waals surface area contributed by atoms with Gasteiger partial charge >= 0.3 is 6.18 Å². The number of pyridine rings is 1. The minimum Gasteiger partial charge on any atom is -0.309 e. The van der Waals surface area contributed by atoms with Gasteiger partial charge in [0.15, 0.2) is 0 Å². The molecule has 6 heteroatoms. The van der Waals surface area contributed by atoms with E-state index in [1.165, 1.54) is 12.4 Å². The summed E-state index contributed by atoms with van der Waals surface area (Å²) in [4.78, 5) is 5.88. The van der Waals surface area contributed by atoms with Gasteiger partial charge in [-0.05, 0) is 40.1 Å². The quantitative estimate of drug-likeness (QED) is 0.872. The van der Waals surface area contributed by atoms with Crippen LogP contribution in [-0.4, -0.2) is 36.1 Å². The Balaban J connectivity index is 3.43. The van der Waals surface area contributed by atoms with Gasteiger partial charge in [-0.1, -0.05) is 13.8 Å². The van der Waals surface area contributed by atoms with E-state index in [1.54, 1.807) is 0 Å². The van der Waals surface area contributed by atoms with E-state index in [-0.39, 0.29) is 5.56 Å². The second kappa shape index (κ2) is 6.75. The minimum atomic E-state index is -4.38. The molecule has 0 aromatic carbocycles. The van der Waals surface area contributed by atoms with Gasteiger partial charge in [-0.25, -0.2) is 0 Å². The van der Waals surface area contributed by atoms with Crippen LogP contribution in [0.2, 0.25) is 0 Å². The Morgan fingerprint density at radius 2 is 1.90 bits per heavy atom. The molecule has 0 fully saturated rings. The van der Waals surface area contributed by atoms with E-state index >= 15 is 0 Å². The van der Waals surface area contributed by atoms with Crippen molar-refractivity contribution in [1.29, 1.82) is 0 Å². The maximum absolute atomic E-state index is 13.3. The lowest BCUT2D eigenvalue weighted by molar-refractivity contribution is -0.138. The lowest BCUT2D eigenvalue weighted by Crippen LogP contribution is -2.51. The van der Waals surface area contributed by atoms with Crippen LogP contribution >= 0.6 is 0 Å². The lowest BCUT2D eigenvalue weighted by Gasteiger charge is -2.43. The van der Waals surface area contributed by atoms with Crippen LogP contribution in [0.25, 0.3) is 0 Å². The van der Waals surface area contributed by atoms with Crippen LogP contribution in [-0.2, 0) is 6.18 Å². The van der Waals surface area contributed by atoms with Gasteiger partial charge in [0.2, 0.25) is 0 Å². The second-order valence-corrected chi connectivity index (χ2v) is 5.56. The first-order valence-corrected chi connectivity index (χ1v) is 7.10. The van der Waals surface area contributed by atoms with E-state index in [2.05, 4.69) is 10.3 Å². The molecule has 1 heterocycles. The van der Waals surface area contributed by atoms with Crippen LogP contribution in [0.4, 0.5) is 13.2 Å². The first-order valence-electron chi connectivity index (χ1n) is 7.10. The number of likely N-dealkylation sites (N-methyl/N-ethyl adjacent to an activating group) is 2. The van der Waals surface area contributed by atoms with Crippen molar-refractivity contribution in [2.45, 2.75) is 44.9 Å². The zero-order valence-electron chi connectivity index (χ0n) is 13.3. The molecule has 2 unspecified atom stereocenters. The van der Waals surface area contributed by atoms with E-state index in [9.17, 15) is 13.2 Å². The van der Waals surface area contributed by atoms with Crippen molar-refractivity contribution >= 4 is 0 Å². The molecular formula is C15H24F3N3. The molecular weight excluding hydrogens is 279 g/mol. The molecule has 0 aliphatic heterocycles. The summed E-state index contributed by atoms with van der Waals surface area (Å²) < 4.78 is 39.8. The smallest absolute Gasteiger partial charge is 0.309 e. The molecule has 0 saturated carbocycles. The standard InChI is InChI=1S/C15H24F3N3/c1-6-14(3,21(4)5)13(20-7-2)11-10-19-9-8-12(11)15(16,17)18/h8-10,13,20H,6-7H2,1-5H3. The Morgan fingerprint density at radius 1 is 1.29 bits per heavy atom. The Kier molecular flexibility index (Phi) is 5.75. The number of hydrogen-bond donors (Lipinski definition) is 1. The summed E-state index contributed by atoms with van der Waals surface area (Å²) in [6.45, 7) is 6.42. The van der Waals surface area contributed by atoms with Gasteiger partial charge in [-0.2, -0.15) is 13.2 Å². The molecule has 1 N–H and O–H groups in total. The van der Waals surface area contributed by atoms with Crippen LogP contribution in [0.15, 0.2) is 18.5 Å². The number of aromatic nitrogens is 1. The van der Waals surface area contributed by atoms with E-state index in [4.69, 9.17) is 0 Å². The number of nitrogens with zero attached hydrogens (tertiary/aromatic N) is 2. The molecule has 0 amide bonds. The SMILES string of the molecule is CCNC(c1cnccc1C(F)(F)F)C(C)(CC)N(C)C. The molecule has 0 aliphatic rings. The van der Waals surface area contributed by atoms with E-state index in [1.807, 2.05) is 39.8 Å². The number of nitrogens with one attached hydrogen (secondary N) is 1. The van der Waals surface area contributed by atoms with E-state index < -0.39 is 23.3 Å². The molecule has 2 atom stereocenters. The van der Waals surface area contributed by atoms with Crippen molar-refractivity contribution < 1.29 is 13.2 Å². The van der Waals surface area contributed by atoms with Crippen LogP contribution in [0, 0.1) is 0 Å². The Morgan fingerprint density at radius 3 is 2.33 bits per heavy atom. The average Bonchev–Trinajstić information content (AvgIpc) is 2.42. The molecule has 0 saturated heterocycles. The van der Waals surface area contributed by atoms with Crippen LogP contribution in [0.3, 0.4) is 0 Å². The maximum atomic E-state index is 13.3. The van der Waals surface area contributed by atoms with Crippen LogP contribution < -0.4 is 5.32 Å². The number of hydrogen-bond acceptors (Lipinski definition) is 3. The summed E-state index contributed by atoms with van der Waals surface area (Å²) in [6.07, 6.45) is -1.15. The molecule has 1 aromatic rings. The fourth-order valence-electron chi connectivity index (χ4n) is 2.54. The number of rotatable bonds is 6. The maximum Gasteiger partial charge on any atom is 0.416 e. The molecule has 0 aliphatic carbocycles. The zero-order valence-corrected chi connectivity index (χ0v) is 13.3. The summed E-state index contributed by atoms with van der Waals surface area (Å²) in [5, 5.41) is 3.20. The monoisotopic (exact) mass is 303 g/mol. The topological polar surface area (TPSA) is 28.2 Å². The third-order valence-corrected chi connectivity index (χ3v) is 4.24. The highest BCUT2D eigenvalue weighted by Gasteiger charge is 2.41. The lowest BCUT2D eigenvalue weighted by atomic mass is 9.82. The van der Waals surface area contributed by atoms with Gasteiger partial charge in [0.05, 0.1) is 11.6 Å². The zero-order chi connectivity index (χ0) is 16.3. The number of halogens is 3. The fraction of sp³-hybridized carbons (Fsp3) is 0.667. The van der Waals surface area contributed by atoms with Crippen molar-refractivity contribution in [3.63, 3.8) is 0 Å². The van der Waals surface area contributed by atoms with Crippen LogP contribution in [0.1, 0.15) is 44.4 Å². The van der Waals surface area contributed by atoms with Crippen molar-refractivity contribution in [2.75, 3.05) is 20.6 Å². The van der Waals surface area contributed by atoms with Gasteiger partial charge in [-0.3, -0.25) is 4.98 Å². The third-order valence-electron chi connectivity index (χ3n) is 4.24. The summed E-state index contributed by atoms with van der Waals surface area (Å²) >= 11 is 0. The van der Waals surface area contributed by atoms with Crippen molar-refractivity contribution in [2.24, 2.45) is 0 Å². The Labute approximate surface area is 124 Å². The molecule has 1 aromatic heterocycles. The molecule has 0 radical (unpaired) electrons. The van der Waals surface area contributed by atoms with E-state index in [0.717, 1.165) is 6.07 Å². The van der Waals surface area contributed by atoms with Crippen molar-refractivity contribution in [3.05, 3.63) is 29.6 Å². The van der Waals surface area contributed by atoms with Crippen molar-refractivity contribution in [1.82, 2.24) is 15.2 Å². The highest BCUT2D eigenvalue weighted by atomic mass is 19.4. The summed E-state index contributed by atoms with van der Waals surface area (Å²) in [5.41, 5.74) is -0.867. The van der Waals surface area contributed by atoms with Crippen LogP contribution in [0.5, 0.6) is 0 Å². The summed E-state index contributed by atoms with van der Waals surface area (Å²) in [7, 11) is 3.77. The first kappa shape index (κ1) is 17.9. The normalized spacial score (nSPS) is 16.8. The molecule has 120 valence electrons. The second-order valence-electron chi connectivity index (χ2n) is 5.56. The van der Waals surface area contributed by atoms with Gasteiger partial charge in [0.25, 0.3) is 0 Å². The molecule has 3 nitrogen and oxygen atoms in total. The van der Waals surface area contributed by atoms with E-state index in [0.29, 0.717) is 13.0 Å². The van der Waals surface area contributed by atoms with Gasteiger partial charge < -0.3 is 10.2 Å². The predicted molar refractivity (Wildman–Crippen MR) is 78.0 cm³/mol. The fourth-order valence-corrected chi connectivity index (χ4v) is 2.54. The molecule has 0 spiro atoms. The Bertz CT molecular complexity index is 460. The Hall–Kier alpha value is -1.14. The number of alkyl halides is 3. The van der Waals surface area contributed by atoms with Gasteiger partial charge in [0.1, 0.15) is 0 Å². The first-order chi connectivity index (χ1) is 9.68. The third kappa shape index (κ3) is 3.74. The molecule has 1 rings (SSSR count). The molecule has 21 heavy (non-hydrogen) atoms. The average molecular weight is 303 g/mol. The minimum absolute atomic E-state index is 0.199.